The zero-order chi connectivity index (χ0) is 14.7. The Morgan fingerprint density at radius 1 is 1.55 bits per heavy atom. The van der Waals surface area contributed by atoms with Crippen LogP contribution in [0.1, 0.15) is 26.7 Å². The molecule has 110 valence electrons. The van der Waals surface area contributed by atoms with Crippen LogP contribution >= 0.6 is 11.6 Å². The van der Waals surface area contributed by atoms with Crippen LogP contribution in [0.3, 0.4) is 0 Å². The zero-order valence-corrected chi connectivity index (χ0v) is 12.8. The fourth-order valence-corrected chi connectivity index (χ4v) is 3.05. The highest BCUT2D eigenvalue weighted by Gasteiger charge is 2.28. The molecular formula is C15H22ClN3O. The van der Waals surface area contributed by atoms with Gasteiger partial charge in [0.25, 0.3) is 0 Å². The standard InChI is InChI=1S/C15H22ClN3O/c1-10(2)14-4-3-7-19(14)9-15(20)18-13-6-5-11(17)8-12(13)16/h5-6,8,10,14H,3-4,7,9,17H2,1-2H3,(H,18,20). The van der Waals surface area contributed by atoms with Gasteiger partial charge in [0.1, 0.15) is 0 Å². The Morgan fingerprint density at radius 3 is 2.95 bits per heavy atom. The number of amides is 1. The number of nitrogen functional groups attached to an aromatic ring is 1. The number of hydrogen-bond donors (Lipinski definition) is 2. The van der Waals surface area contributed by atoms with Crippen molar-refractivity contribution >= 4 is 28.9 Å². The van der Waals surface area contributed by atoms with Crippen molar-refractivity contribution in [2.75, 3.05) is 24.1 Å². The van der Waals surface area contributed by atoms with Gasteiger partial charge < -0.3 is 11.1 Å². The lowest BCUT2D eigenvalue weighted by Gasteiger charge is -2.26. The van der Waals surface area contributed by atoms with Crippen molar-refractivity contribution in [2.45, 2.75) is 32.7 Å². The molecule has 2 rings (SSSR count). The Bertz CT molecular complexity index is 490. The van der Waals surface area contributed by atoms with E-state index in [-0.39, 0.29) is 5.91 Å². The van der Waals surface area contributed by atoms with E-state index in [1.165, 1.54) is 12.8 Å². The smallest absolute Gasteiger partial charge is 0.238 e. The molecular weight excluding hydrogens is 274 g/mol. The molecule has 0 saturated carbocycles. The van der Waals surface area contributed by atoms with Gasteiger partial charge in [0.05, 0.1) is 17.3 Å². The van der Waals surface area contributed by atoms with Gasteiger partial charge in [-0.1, -0.05) is 25.4 Å². The van der Waals surface area contributed by atoms with Crippen molar-refractivity contribution in [3.05, 3.63) is 23.2 Å². The predicted octanol–water partition coefficient (Wildman–Crippen LogP) is 2.98. The topological polar surface area (TPSA) is 58.4 Å². The monoisotopic (exact) mass is 295 g/mol. The molecule has 0 bridgehead atoms. The molecule has 1 aliphatic rings. The lowest BCUT2D eigenvalue weighted by Crippen LogP contribution is -2.39. The highest BCUT2D eigenvalue weighted by Crippen LogP contribution is 2.25. The molecule has 1 fully saturated rings. The summed E-state index contributed by atoms with van der Waals surface area (Å²) >= 11 is 6.06. The van der Waals surface area contributed by atoms with Crippen molar-refractivity contribution in [1.29, 1.82) is 0 Å². The van der Waals surface area contributed by atoms with Gasteiger partial charge in [-0.3, -0.25) is 9.69 Å². The predicted molar refractivity (Wildman–Crippen MR) is 83.9 cm³/mol. The fourth-order valence-electron chi connectivity index (χ4n) is 2.81. The van der Waals surface area contributed by atoms with E-state index in [4.69, 9.17) is 17.3 Å². The maximum atomic E-state index is 12.1. The molecule has 1 amide bonds. The maximum absolute atomic E-state index is 12.1. The van der Waals surface area contributed by atoms with Crippen LogP contribution < -0.4 is 11.1 Å². The SMILES string of the molecule is CC(C)C1CCCN1CC(=O)Nc1ccc(N)cc1Cl. The van der Waals surface area contributed by atoms with E-state index in [0.717, 1.165) is 6.54 Å². The largest absolute Gasteiger partial charge is 0.399 e. The highest BCUT2D eigenvalue weighted by atomic mass is 35.5. The number of carbonyl (C=O) groups excluding carboxylic acids is 1. The van der Waals surface area contributed by atoms with Gasteiger partial charge in [-0.15, -0.1) is 0 Å². The van der Waals surface area contributed by atoms with Gasteiger partial charge in [-0.2, -0.15) is 0 Å². The number of nitrogens with two attached hydrogens (primary N) is 1. The van der Waals surface area contributed by atoms with Gasteiger partial charge >= 0.3 is 0 Å². The van der Waals surface area contributed by atoms with Crippen LogP contribution in [0.2, 0.25) is 5.02 Å². The summed E-state index contributed by atoms with van der Waals surface area (Å²) in [6.45, 7) is 5.82. The van der Waals surface area contributed by atoms with Gasteiger partial charge in [-0.25, -0.2) is 0 Å². The first kappa shape index (κ1) is 15.1. The van der Waals surface area contributed by atoms with E-state index in [9.17, 15) is 4.79 Å². The van der Waals surface area contributed by atoms with E-state index < -0.39 is 0 Å². The van der Waals surface area contributed by atoms with Gasteiger partial charge in [0.2, 0.25) is 5.91 Å². The van der Waals surface area contributed by atoms with Crippen LogP contribution in [-0.4, -0.2) is 29.9 Å². The first-order valence-electron chi connectivity index (χ1n) is 7.06. The van der Waals surface area contributed by atoms with Crippen molar-refractivity contribution in [2.24, 2.45) is 5.92 Å². The molecule has 1 aliphatic heterocycles. The van der Waals surface area contributed by atoms with Crippen molar-refractivity contribution in [3.8, 4) is 0 Å². The Hall–Kier alpha value is -1.26. The van der Waals surface area contributed by atoms with Crippen LogP contribution in [0.25, 0.3) is 0 Å². The number of halogens is 1. The second-order valence-electron chi connectivity index (χ2n) is 5.71. The van der Waals surface area contributed by atoms with Crippen LogP contribution in [0.4, 0.5) is 11.4 Å². The number of nitrogens with zero attached hydrogens (tertiary/aromatic N) is 1. The summed E-state index contributed by atoms with van der Waals surface area (Å²) in [5.41, 5.74) is 6.84. The molecule has 1 aromatic rings. The van der Waals surface area contributed by atoms with Crippen LogP contribution in [0.15, 0.2) is 18.2 Å². The minimum Gasteiger partial charge on any atom is -0.399 e. The summed E-state index contributed by atoms with van der Waals surface area (Å²) in [5, 5.41) is 3.33. The molecule has 1 saturated heterocycles. The first-order valence-corrected chi connectivity index (χ1v) is 7.44. The Morgan fingerprint density at radius 2 is 2.30 bits per heavy atom. The van der Waals surface area contributed by atoms with E-state index in [0.29, 0.717) is 34.9 Å². The normalized spacial score (nSPS) is 19.5. The molecule has 0 spiro atoms. The number of likely N-dealkylation sites (tertiary alicyclic amines) is 1. The van der Waals surface area contributed by atoms with Crippen LogP contribution in [0.5, 0.6) is 0 Å². The molecule has 4 nitrogen and oxygen atoms in total. The second kappa shape index (κ2) is 6.46. The molecule has 5 heteroatoms. The summed E-state index contributed by atoms with van der Waals surface area (Å²) in [7, 11) is 0. The number of hydrogen-bond acceptors (Lipinski definition) is 3. The molecule has 0 radical (unpaired) electrons. The highest BCUT2D eigenvalue weighted by molar-refractivity contribution is 6.34. The number of anilines is 2. The maximum Gasteiger partial charge on any atom is 0.238 e. The molecule has 0 aliphatic carbocycles. The zero-order valence-electron chi connectivity index (χ0n) is 12.0. The number of nitrogens with one attached hydrogen (secondary N) is 1. The van der Waals surface area contributed by atoms with Crippen LogP contribution in [0, 0.1) is 5.92 Å². The quantitative estimate of drug-likeness (QED) is 0.840. The van der Waals surface area contributed by atoms with Crippen molar-refractivity contribution in [1.82, 2.24) is 4.90 Å². The lowest BCUT2D eigenvalue weighted by atomic mass is 10.0. The van der Waals surface area contributed by atoms with Crippen LogP contribution in [-0.2, 0) is 4.79 Å². The second-order valence-corrected chi connectivity index (χ2v) is 6.12. The average Bonchev–Trinajstić information content (AvgIpc) is 2.81. The summed E-state index contributed by atoms with van der Waals surface area (Å²) in [6.07, 6.45) is 2.34. The molecule has 1 unspecified atom stereocenters. The summed E-state index contributed by atoms with van der Waals surface area (Å²) in [5.74, 6) is 0.551. The minimum absolute atomic E-state index is 0.0239. The van der Waals surface area contributed by atoms with Crippen molar-refractivity contribution in [3.63, 3.8) is 0 Å². The lowest BCUT2D eigenvalue weighted by molar-refractivity contribution is -0.117. The number of carbonyl (C=O) groups is 1. The first-order chi connectivity index (χ1) is 9.47. The summed E-state index contributed by atoms with van der Waals surface area (Å²) in [4.78, 5) is 14.4. The molecule has 3 N–H and O–H groups in total. The third kappa shape index (κ3) is 3.64. The molecule has 1 aromatic carbocycles. The van der Waals surface area contributed by atoms with Crippen molar-refractivity contribution < 1.29 is 4.79 Å². The third-order valence-corrected chi connectivity index (χ3v) is 4.11. The molecule has 0 aromatic heterocycles. The van der Waals surface area contributed by atoms with E-state index in [1.54, 1.807) is 18.2 Å². The average molecular weight is 296 g/mol. The van der Waals surface area contributed by atoms with Gasteiger partial charge in [-0.05, 0) is 43.5 Å². The van der Waals surface area contributed by atoms with E-state index in [2.05, 4.69) is 24.1 Å². The van der Waals surface area contributed by atoms with Gasteiger partial charge in [0, 0.05) is 11.7 Å². The van der Waals surface area contributed by atoms with E-state index in [1.807, 2.05) is 0 Å². The Kier molecular flexibility index (Phi) is 4.89. The number of rotatable bonds is 4. The Labute approximate surface area is 125 Å². The Balaban J connectivity index is 1.95. The molecule has 20 heavy (non-hydrogen) atoms. The summed E-state index contributed by atoms with van der Waals surface area (Å²) < 4.78 is 0. The molecule has 1 atom stereocenters. The minimum atomic E-state index is -0.0239. The van der Waals surface area contributed by atoms with E-state index >= 15 is 0 Å². The fraction of sp³-hybridized carbons (Fsp3) is 0.533. The third-order valence-electron chi connectivity index (χ3n) is 3.80. The molecule has 1 heterocycles. The number of benzene rings is 1. The van der Waals surface area contributed by atoms with Gasteiger partial charge in [0.15, 0.2) is 0 Å². The summed E-state index contributed by atoms with van der Waals surface area (Å²) in [6, 6.07) is 5.61.